The van der Waals surface area contributed by atoms with Gasteiger partial charge >= 0.3 is 21.1 Å². The standard InChI is InChI=1S/C13H17N.W/c1-9(2)11-5-7-12(8-6-11)13(14)10(3)4;/h5-7,9-10H,1-4H3;/q-2;+2. The Hall–Kier alpha value is -0.422. The van der Waals surface area contributed by atoms with Crippen molar-refractivity contribution in [2.45, 2.75) is 33.6 Å². The maximum absolute atomic E-state index is 9.71. The Morgan fingerprint density at radius 3 is 2.13 bits per heavy atom. The SMILES string of the molecule is CC(C)C(=[N-])c1[c-]cc(C(C)C)cc1.[W+2]. The Morgan fingerprint density at radius 2 is 1.80 bits per heavy atom. The van der Waals surface area contributed by atoms with E-state index in [1.165, 1.54) is 5.56 Å². The van der Waals surface area contributed by atoms with E-state index in [2.05, 4.69) is 26.0 Å². The van der Waals surface area contributed by atoms with Crippen LogP contribution >= 0.6 is 0 Å². The molecule has 0 amide bonds. The molecule has 80 valence electrons. The third-order valence-corrected chi connectivity index (χ3v) is 2.33. The Balaban J connectivity index is 0.00000196. The van der Waals surface area contributed by atoms with Crippen LogP contribution < -0.4 is 0 Å². The van der Waals surface area contributed by atoms with E-state index in [4.69, 9.17) is 0 Å². The molecule has 0 heterocycles. The monoisotopic (exact) mass is 371 g/mol. The number of hydrogen-bond acceptors (Lipinski definition) is 0. The van der Waals surface area contributed by atoms with E-state index in [0.29, 0.717) is 11.6 Å². The summed E-state index contributed by atoms with van der Waals surface area (Å²) in [6.45, 7) is 8.24. The van der Waals surface area contributed by atoms with Crippen LogP contribution in [0.5, 0.6) is 0 Å². The molecule has 2 heteroatoms. The third kappa shape index (κ3) is 3.91. The van der Waals surface area contributed by atoms with E-state index in [1.54, 1.807) is 0 Å². The first-order valence-corrected chi connectivity index (χ1v) is 5.10. The fraction of sp³-hybridized carbons (Fsp3) is 0.462. The van der Waals surface area contributed by atoms with E-state index >= 15 is 0 Å². The zero-order valence-electron chi connectivity index (χ0n) is 9.74. The smallest absolute Gasteiger partial charge is 0.859 e. The van der Waals surface area contributed by atoms with Crippen LogP contribution in [0.15, 0.2) is 18.2 Å². The minimum atomic E-state index is 0. The molecular weight excluding hydrogens is 354 g/mol. The molecule has 0 aliphatic rings. The summed E-state index contributed by atoms with van der Waals surface area (Å²) in [5.74, 6) is 0.678. The third-order valence-electron chi connectivity index (χ3n) is 2.33. The van der Waals surface area contributed by atoms with E-state index < -0.39 is 0 Å². The molecular formula is C13H17NW. The molecule has 0 saturated carbocycles. The van der Waals surface area contributed by atoms with Crippen molar-refractivity contribution in [3.63, 3.8) is 0 Å². The zero-order chi connectivity index (χ0) is 10.7. The molecule has 0 fully saturated rings. The van der Waals surface area contributed by atoms with Crippen LogP contribution in [-0.2, 0) is 21.1 Å². The van der Waals surface area contributed by atoms with Crippen LogP contribution in [-0.4, -0.2) is 5.71 Å². The summed E-state index contributed by atoms with van der Waals surface area (Å²) in [5, 5.41) is 9.71. The molecule has 1 rings (SSSR count). The molecule has 1 aromatic carbocycles. The molecule has 0 aliphatic heterocycles. The summed E-state index contributed by atoms with van der Waals surface area (Å²) < 4.78 is 0. The number of nitrogens with zero attached hydrogens (tertiary/aromatic N) is 1. The minimum absolute atomic E-state index is 0. The molecule has 0 unspecified atom stereocenters. The van der Waals surface area contributed by atoms with Crippen molar-refractivity contribution in [3.05, 3.63) is 40.8 Å². The van der Waals surface area contributed by atoms with Crippen molar-refractivity contribution in [2.24, 2.45) is 5.92 Å². The molecule has 0 atom stereocenters. The van der Waals surface area contributed by atoms with Gasteiger partial charge in [0.15, 0.2) is 0 Å². The first-order valence-electron chi connectivity index (χ1n) is 5.10. The van der Waals surface area contributed by atoms with Crippen molar-refractivity contribution in [1.29, 1.82) is 0 Å². The van der Waals surface area contributed by atoms with E-state index in [-0.39, 0.29) is 27.0 Å². The van der Waals surface area contributed by atoms with Crippen molar-refractivity contribution in [2.75, 3.05) is 0 Å². The van der Waals surface area contributed by atoms with Crippen molar-refractivity contribution in [3.8, 4) is 0 Å². The predicted molar refractivity (Wildman–Crippen MR) is 61.7 cm³/mol. The Labute approximate surface area is 107 Å². The fourth-order valence-corrected chi connectivity index (χ4v) is 1.27. The van der Waals surface area contributed by atoms with Crippen LogP contribution in [0, 0.1) is 12.0 Å². The second-order valence-corrected chi connectivity index (χ2v) is 4.23. The molecule has 15 heavy (non-hydrogen) atoms. The van der Waals surface area contributed by atoms with Crippen molar-refractivity contribution < 1.29 is 21.1 Å². The van der Waals surface area contributed by atoms with Gasteiger partial charge in [-0.25, -0.2) is 0 Å². The van der Waals surface area contributed by atoms with E-state index in [0.717, 1.165) is 5.56 Å². The summed E-state index contributed by atoms with van der Waals surface area (Å²) in [7, 11) is 0. The second kappa shape index (κ2) is 6.22. The molecule has 1 nitrogen and oxygen atoms in total. The maximum atomic E-state index is 9.71. The van der Waals surface area contributed by atoms with Gasteiger partial charge in [0, 0.05) is 0 Å². The normalized spacial score (nSPS) is 10.3. The van der Waals surface area contributed by atoms with Gasteiger partial charge in [0.1, 0.15) is 0 Å². The molecule has 0 N–H and O–H groups in total. The van der Waals surface area contributed by atoms with Crippen molar-refractivity contribution in [1.82, 2.24) is 0 Å². The van der Waals surface area contributed by atoms with Crippen molar-refractivity contribution >= 4 is 5.71 Å². The number of benzene rings is 1. The summed E-state index contributed by atoms with van der Waals surface area (Å²) in [6.07, 6.45) is 0. The molecule has 1 aromatic rings. The van der Waals surface area contributed by atoms with Crippen LogP contribution in [0.25, 0.3) is 5.41 Å². The molecule has 0 aromatic heterocycles. The van der Waals surface area contributed by atoms with E-state index in [9.17, 15) is 5.41 Å². The average Bonchev–Trinajstić information content (AvgIpc) is 2.16. The van der Waals surface area contributed by atoms with Gasteiger partial charge in [-0.3, -0.25) is 5.71 Å². The van der Waals surface area contributed by atoms with Gasteiger partial charge in [-0.1, -0.05) is 39.5 Å². The quantitative estimate of drug-likeness (QED) is 0.572. The van der Waals surface area contributed by atoms with Gasteiger partial charge in [-0.15, -0.1) is 29.8 Å². The summed E-state index contributed by atoms with van der Waals surface area (Å²) in [5.41, 5.74) is 2.48. The van der Waals surface area contributed by atoms with Gasteiger partial charge in [0.05, 0.1) is 0 Å². The first kappa shape index (κ1) is 14.6. The summed E-state index contributed by atoms with van der Waals surface area (Å²) >= 11 is 0. The minimum Gasteiger partial charge on any atom is -0.859 e. The van der Waals surface area contributed by atoms with Gasteiger partial charge in [0.25, 0.3) is 0 Å². The maximum Gasteiger partial charge on any atom is 2.00 e. The first-order chi connectivity index (χ1) is 6.52. The van der Waals surface area contributed by atoms with Gasteiger partial charge < -0.3 is 5.41 Å². The van der Waals surface area contributed by atoms with E-state index in [1.807, 2.05) is 26.0 Å². The molecule has 0 radical (unpaired) electrons. The molecule has 0 saturated heterocycles. The molecule has 0 bridgehead atoms. The Morgan fingerprint density at radius 1 is 1.20 bits per heavy atom. The molecule has 0 aliphatic carbocycles. The van der Waals surface area contributed by atoms with Crippen LogP contribution in [0.2, 0.25) is 0 Å². The Bertz CT molecular complexity index is 312. The average molecular weight is 371 g/mol. The second-order valence-electron chi connectivity index (χ2n) is 4.23. The number of hydrogen-bond donors (Lipinski definition) is 0. The van der Waals surface area contributed by atoms with Gasteiger partial charge in [0.2, 0.25) is 0 Å². The summed E-state index contributed by atoms with van der Waals surface area (Å²) in [6, 6.07) is 9.06. The summed E-state index contributed by atoms with van der Waals surface area (Å²) in [4.78, 5) is 0. The number of rotatable bonds is 3. The molecule has 0 spiro atoms. The fourth-order valence-electron chi connectivity index (χ4n) is 1.27. The zero-order valence-corrected chi connectivity index (χ0v) is 12.7. The Kier molecular flexibility index (Phi) is 6.05. The van der Waals surface area contributed by atoms with Gasteiger partial charge in [-0.2, -0.15) is 5.56 Å². The van der Waals surface area contributed by atoms with Crippen LogP contribution in [0.4, 0.5) is 0 Å². The predicted octanol–water partition coefficient (Wildman–Crippen LogP) is 3.62. The largest absolute Gasteiger partial charge is 2.00 e. The van der Waals surface area contributed by atoms with Crippen LogP contribution in [0.3, 0.4) is 0 Å². The topological polar surface area (TPSA) is 22.3 Å². The van der Waals surface area contributed by atoms with Crippen LogP contribution in [0.1, 0.15) is 44.7 Å². The van der Waals surface area contributed by atoms with Gasteiger partial charge in [-0.05, 0) is 0 Å².